The number of nitrogens with one attached hydrogen (secondary N) is 1. The van der Waals surface area contributed by atoms with Crippen LogP contribution in [0.5, 0.6) is 5.75 Å². The number of hydrogen-bond donors (Lipinski definition) is 1. The Morgan fingerprint density at radius 1 is 1.16 bits per heavy atom. The van der Waals surface area contributed by atoms with E-state index in [0.29, 0.717) is 11.7 Å². The van der Waals surface area contributed by atoms with Crippen molar-refractivity contribution in [2.75, 3.05) is 5.32 Å². The van der Waals surface area contributed by atoms with E-state index in [1.807, 2.05) is 43.5 Å². The van der Waals surface area contributed by atoms with Gasteiger partial charge in [-0.05, 0) is 51.5 Å². The molecule has 3 heterocycles. The van der Waals surface area contributed by atoms with Crippen LogP contribution in [0.25, 0.3) is 11.3 Å². The standard InChI is InChI=1S/C23H23N3O3S2/c1-13-9-19(16(4)31-13)21-12-30-23(24-21)25-22(27)10-17-5-7-18(8-6-17)28-11-20-14(2)26-29-15(20)3/h5-9,12H,10-11H2,1-4H3,(H,24,25,27). The summed E-state index contributed by atoms with van der Waals surface area (Å²) in [6.07, 6.45) is 0.273. The van der Waals surface area contributed by atoms with Gasteiger partial charge in [-0.2, -0.15) is 0 Å². The zero-order chi connectivity index (χ0) is 22.0. The minimum absolute atomic E-state index is 0.0940. The van der Waals surface area contributed by atoms with E-state index in [4.69, 9.17) is 9.26 Å². The van der Waals surface area contributed by atoms with Gasteiger partial charge >= 0.3 is 0 Å². The molecule has 0 atom stereocenters. The van der Waals surface area contributed by atoms with Crippen molar-refractivity contribution in [2.24, 2.45) is 0 Å². The molecule has 160 valence electrons. The van der Waals surface area contributed by atoms with Gasteiger partial charge in [0.05, 0.1) is 23.4 Å². The fourth-order valence-electron chi connectivity index (χ4n) is 3.26. The predicted octanol–water partition coefficient (Wildman–Crippen LogP) is 5.85. The minimum atomic E-state index is -0.0940. The second-order valence-corrected chi connectivity index (χ2v) is 9.64. The molecule has 31 heavy (non-hydrogen) atoms. The highest BCUT2D eigenvalue weighted by atomic mass is 32.1. The lowest BCUT2D eigenvalue weighted by Gasteiger charge is -2.07. The number of hydrogen-bond acceptors (Lipinski definition) is 7. The third kappa shape index (κ3) is 5.03. The molecular weight excluding hydrogens is 430 g/mol. The Morgan fingerprint density at radius 3 is 2.58 bits per heavy atom. The fourth-order valence-corrected chi connectivity index (χ4v) is 4.92. The Hall–Kier alpha value is -2.97. The summed E-state index contributed by atoms with van der Waals surface area (Å²) < 4.78 is 11.0. The van der Waals surface area contributed by atoms with Crippen LogP contribution in [0.2, 0.25) is 0 Å². The summed E-state index contributed by atoms with van der Waals surface area (Å²) >= 11 is 3.19. The number of ether oxygens (including phenoxy) is 1. The van der Waals surface area contributed by atoms with Crippen LogP contribution in [0.1, 0.15) is 32.3 Å². The molecule has 8 heteroatoms. The van der Waals surface area contributed by atoms with Gasteiger partial charge < -0.3 is 14.6 Å². The Bertz CT molecular complexity index is 1190. The lowest BCUT2D eigenvalue weighted by atomic mass is 10.1. The highest BCUT2D eigenvalue weighted by Gasteiger charge is 2.13. The van der Waals surface area contributed by atoms with E-state index in [2.05, 4.69) is 35.4 Å². The molecule has 4 rings (SSSR count). The third-order valence-corrected chi connectivity index (χ3v) is 6.64. The maximum absolute atomic E-state index is 12.4. The third-order valence-electron chi connectivity index (χ3n) is 4.92. The number of aryl methyl sites for hydroxylation is 4. The molecular formula is C23H23N3O3S2. The van der Waals surface area contributed by atoms with E-state index in [1.54, 1.807) is 11.3 Å². The average Bonchev–Trinajstić information content (AvgIpc) is 3.41. The van der Waals surface area contributed by atoms with Crippen LogP contribution in [0, 0.1) is 27.7 Å². The highest BCUT2D eigenvalue weighted by molar-refractivity contribution is 7.14. The van der Waals surface area contributed by atoms with Gasteiger partial charge in [-0.25, -0.2) is 4.98 Å². The number of amides is 1. The number of thiazole rings is 1. The lowest BCUT2D eigenvalue weighted by Crippen LogP contribution is -2.14. The van der Waals surface area contributed by atoms with Gasteiger partial charge in [0.25, 0.3) is 0 Å². The molecule has 0 aliphatic carbocycles. The molecule has 6 nitrogen and oxygen atoms in total. The summed E-state index contributed by atoms with van der Waals surface area (Å²) in [4.78, 5) is 19.5. The number of carbonyl (C=O) groups is 1. The van der Waals surface area contributed by atoms with E-state index < -0.39 is 0 Å². The normalized spacial score (nSPS) is 11.0. The van der Waals surface area contributed by atoms with Crippen LogP contribution >= 0.6 is 22.7 Å². The molecule has 1 N–H and O–H groups in total. The Morgan fingerprint density at radius 2 is 1.94 bits per heavy atom. The zero-order valence-corrected chi connectivity index (χ0v) is 19.4. The number of aromatic nitrogens is 2. The molecule has 0 spiro atoms. The molecule has 0 saturated heterocycles. The van der Waals surface area contributed by atoms with Gasteiger partial charge in [-0.1, -0.05) is 17.3 Å². The van der Waals surface area contributed by atoms with Crippen molar-refractivity contribution < 1.29 is 14.1 Å². The fraction of sp³-hybridized carbons (Fsp3) is 0.261. The van der Waals surface area contributed by atoms with E-state index in [0.717, 1.165) is 39.6 Å². The molecule has 0 aliphatic rings. The zero-order valence-electron chi connectivity index (χ0n) is 17.8. The van der Waals surface area contributed by atoms with Crippen LogP contribution in [0.15, 0.2) is 40.2 Å². The molecule has 0 unspecified atom stereocenters. The maximum atomic E-state index is 12.4. The van der Waals surface area contributed by atoms with Crippen molar-refractivity contribution in [2.45, 2.75) is 40.7 Å². The van der Waals surface area contributed by atoms with Gasteiger partial charge in [0.2, 0.25) is 5.91 Å². The molecule has 4 aromatic rings. The smallest absolute Gasteiger partial charge is 0.230 e. The summed E-state index contributed by atoms with van der Waals surface area (Å²) in [6, 6.07) is 9.66. The van der Waals surface area contributed by atoms with Crippen molar-refractivity contribution in [3.05, 3.63) is 68.0 Å². The van der Waals surface area contributed by atoms with E-state index in [1.165, 1.54) is 21.1 Å². The molecule has 0 aliphatic heterocycles. The first kappa shape index (κ1) is 21.3. The SMILES string of the molecule is Cc1cc(-c2csc(NC(=O)Cc3ccc(OCc4c(C)noc4C)cc3)n2)c(C)s1. The quantitative estimate of drug-likeness (QED) is 0.380. The van der Waals surface area contributed by atoms with Gasteiger partial charge in [0.15, 0.2) is 5.13 Å². The maximum Gasteiger partial charge on any atom is 0.230 e. The molecule has 0 radical (unpaired) electrons. The first-order valence-electron chi connectivity index (χ1n) is 9.85. The van der Waals surface area contributed by atoms with Crippen LogP contribution in [-0.4, -0.2) is 16.0 Å². The van der Waals surface area contributed by atoms with E-state index >= 15 is 0 Å². The van der Waals surface area contributed by atoms with Gasteiger partial charge in [-0.3, -0.25) is 4.79 Å². The first-order valence-corrected chi connectivity index (χ1v) is 11.5. The second kappa shape index (κ2) is 9.03. The van der Waals surface area contributed by atoms with Crippen molar-refractivity contribution in [1.29, 1.82) is 0 Å². The van der Waals surface area contributed by atoms with Gasteiger partial charge in [0, 0.05) is 20.7 Å². The van der Waals surface area contributed by atoms with Crippen LogP contribution < -0.4 is 10.1 Å². The first-order chi connectivity index (χ1) is 14.9. The molecule has 3 aromatic heterocycles. The van der Waals surface area contributed by atoms with Crippen molar-refractivity contribution in [3.8, 4) is 17.0 Å². The number of rotatable bonds is 7. The number of benzene rings is 1. The summed E-state index contributed by atoms with van der Waals surface area (Å²) in [5.41, 5.74) is 4.73. The second-order valence-electron chi connectivity index (χ2n) is 7.33. The minimum Gasteiger partial charge on any atom is -0.489 e. The molecule has 0 fully saturated rings. The molecule has 0 saturated carbocycles. The van der Waals surface area contributed by atoms with Crippen LogP contribution in [-0.2, 0) is 17.8 Å². The van der Waals surface area contributed by atoms with Crippen molar-refractivity contribution in [3.63, 3.8) is 0 Å². The molecule has 1 amide bonds. The van der Waals surface area contributed by atoms with Gasteiger partial charge in [0.1, 0.15) is 18.1 Å². The van der Waals surface area contributed by atoms with Crippen LogP contribution in [0.3, 0.4) is 0 Å². The molecule has 0 bridgehead atoms. The van der Waals surface area contributed by atoms with E-state index in [-0.39, 0.29) is 12.3 Å². The number of anilines is 1. The van der Waals surface area contributed by atoms with Crippen molar-refractivity contribution >= 4 is 33.7 Å². The van der Waals surface area contributed by atoms with Gasteiger partial charge in [-0.15, -0.1) is 22.7 Å². The molecule has 1 aromatic carbocycles. The summed E-state index contributed by atoms with van der Waals surface area (Å²) in [7, 11) is 0. The summed E-state index contributed by atoms with van der Waals surface area (Å²) in [5, 5.41) is 9.43. The lowest BCUT2D eigenvalue weighted by molar-refractivity contribution is -0.115. The highest BCUT2D eigenvalue weighted by Crippen LogP contribution is 2.32. The number of thiophene rings is 1. The number of nitrogens with zero attached hydrogens (tertiary/aromatic N) is 2. The average molecular weight is 454 g/mol. The Kier molecular flexibility index (Phi) is 6.20. The van der Waals surface area contributed by atoms with E-state index in [9.17, 15) is 4.79 Å². The Balaban J connectivity index is 1.32. The van der Waals surface area contributed by atoms with Crippen molar-refractivity contribution in [1.82, 2.24) is 10.1 Å². The topological polar surface area (TPSA) is 77.2 Å². The summed E-state index contributed by atoms with van der Waals surface area (Å²) in [6.45, 7) is 8.34. The monoisotopic (exact) mass is 453 g/mol. The largest absolute Gasteiger partial charge is 0.489 e. The summed E-state index contributed by atoms with van der Waals surface area (Å²) in [5.74, 6) is 1.40. The number of carbonyl (C=O) groups excluding carboxylic acids is 1. The Labute approximate surface area is 188 Å². The predicted molar refractivity (Wildman–Crippen MR) is 124 cm³/mol. The van der Waals surface area contributed by atoms with Crippen LogP contribution in [0.4, 0.5) is 5.13 Å².